The molecule has 0 N–H and O–H groups in total. The minimum absolute atomic E-state index is 0.00118. The van der Waals surface area contributed by atoms with Gasteiger partial charge in [0.15, 0.2) is 0 Å². The predicted octanol–water partition coefficient (Wildman–Crippen LogP) is 2.59. The van der Waals surface area contributed by atoms with Crippen molar-refractivity contribution in [3.8, 4) is 5.75 Å². The molecular formula is C12H12F2N2O. The molecule has 17 heavy (non-hydrogen) atoms. The number of aromatic nitrogens is 2. The second-order valence-corrected chi connectivity index (χ2v) is 3.82. The fourth-order valence-electron chi connectivity index (χ4n) is 1.42. The van der Waals surface area contributed by atoms with Crippen LogP contribution in [0.4, 0.5) is 8.78 Å². The molecule has 1 aromatic heterocycles. The molecule has 0 atom stereocenters. The molecule has 0 radical (unpaired) electrons. The van der Waals surface area contributed by atoms with Crippen LogP contribution in [0.2, 0.25) is 0 Å². The standard InChI is InChI=1S/C12H12F2N2O/c1-8-11(13)3-10(4-12(8)14)17-7-9-5-15-16(2)6-9/h3-6H,7H2,1-2H3. The van der Waals surface area contributed by atoms with Crippen LogP contribution in [-0.4, -0.2) is 9.78 Å². The van der Waals surface area contributed by atoms with Crippen molar-refractivity contribution >= 4 is 0 Å². The van der Waals surface area contributed by atoms with Gasteiger partial charge in [-0.25, -0.2) is 8.78 Å². The Labute approximate surface area is 97.6 Å². The van der Waals surface area contributed by atoms with E-state index in [-0.39, 0.29) is 17.9 Å². The van der Waals surface area contributed by atoms with Gasteiger partial charge in [0.1, 0.15) is 24.0 Å². The summed E-state index contributed by atoms with van der Waals surface area (Å²) in [5.41, 5.74) is 0.840. The summed E-state index contributed by atoms with van der Waals surface area (Å²) in [5, 5.41) is 3.97. The first-order valence-electron chi connectivity index (χ1n) is 5.12. The second-order valence-electron chi connectivity index (χ2n) is 3.82. The van der Waals surface area contributed by atoms with Crippen molar-refractivity contribution in [2.75, 3.05) is 0 Å². The van der Waals surface area contributed by atoms with Gasteiger partial charge in [0, 0.05) is 36.5 Å². The smallest absolute Gasteiger partial charge is 0.132 e. The van der Waals surface area contributed by atoms with E-state index in [1.54, 1.807) is 24.1 Å². The minimum atomic E-state index is -0.605. The third-order valence-corrected chi connectivity index (χ3v) is 2.42. The number of hydrogen-bond donors (Lipinski definition) is 0. The minimum Gasteiger partial charge on any atom is -0.489 e. The van der Waals surface area contributed by atoms with Gasteiger partial charge in [0.05, 0.1) is 6.20 Å². The number of ether oxygens (including phenoxy) is 1. The van der Waals surface area contributed by atoms with Crippen molar-refractivity contribution in [3.05, 3.63) is 47.3 Å². The highest BCUT2D eigenvalue weighted by molar-refractivity contribution is 5.29. The first kappa shape index (κ1) is 11.6. The molecule has 0 aliphatic rings. The Morgan fingerprint density at radius 1 is 1.29 bits per heavy atom. The molecule has 0 saturated heterocycles. The molecular weight excluding hydrogens is 226 g/mol. The summed E-state index contributed by atoms with van der Waals surface area (Å²) in [6, 6.07) is 2.35. The van der Waals surface area contributed by atoms with Crippen LogP contribution in [0.5, 0.6) is 5.75 Å². The summed E-state index contributed by atoms with van der Waals surface area (Å²) in [5.74, 6) is -1.04. The lowest BCUT2D eigenvalue weighted by Gasteiger charge is -2.06. The zero-order valence-electron chi connectivity index (χ0n) is 9.58. The van der Waals surface area contributed by atoms with Crippen molar-refractivity contribution < 1.29 is 13.5 Å². The molecule has 0 fully saturated rings. The highest BCUT2D eigenvalue weighted by atomic mass is 19.1. The molecule has 2 rings (SSSR count). The molecule has 5 heteroatoms. The number of rotatable bonds is 3. The first-order valence-corrected chi connectivity index (χ1v) is 5.12. The molecule has 1 aromatic carbocycles. The van der Waals surface area contributed by atoms with Crippen LogP contribution in [0, 0.1) is 18.6 Å². The Kier molecular flexibility index (Phi) is 3.08. The van der Waals surface area contributed by atoms with Gasteiger partial charge in [0.2, 0.25) is 0 Å². The Morgan fingerprint density at radius 2 is 1.94 bits per heavy atom. The molecule has 0 unspecified atom stereocenters. The molecule has 1 heterocycles. The van der Waals surface area contributed by atoms with Gasteiger partial charge in [-0.05, 0) is 6.92 Å². The van der Waals surface area contributed by atoms with Crippen molar-refractivity contribution in [1.29, 1.82) is 0 Å². The molecule has 90 valence electrons. The van der Waals surface area contributed by atoms with Gasteiger partial charge in [0.25, 0.3) is 0 Å². The largest absolute Gasteiger partial charge is 0.489 e. The van der Waals surface area contributed by atoms with Gasteiger partial charge in [-0.3, -0.25) is 4.68 Å². The van der Waals surface area contributed by atoms with Gasteiger partial charge >= 0.3 is 0 Å². The van der Waals surface area contributed by atoms with E-state index >= 15 is 0 Å². The quantitative estimate of drug-likeness (QED) is 0.821. The first-order chi connectivity index (χ1) is 8.06. The molecule has 3 nitrogen and oxygen atoms in total. The molecule has 0 amide bonds. The van der Waals surface area contributed by atoms with Crippen molar-refractivity contribution in [2.24, 2.45) is 7.05 Å². The van der Waals surface area contributed by atoms with Crippen molar-refractivity contribution in [2.45, 2.75) is 13.5 Å². The fourth-order valence-corrected chi connectivity index (χ4v) is 1.42. The van der Waals surface area contributed by atoms with Crippen LogP contribution in [0.3, 0.4) is 0 Å². The highest BCUT2D eigenvalue weighted by Crippen LogP contribution is 2.20. The van der Waals surface area contributed by atoms with Crippen LogP contribution in [0.1, 0.15) is 11.1 Å². The van der Waals surface area contributed by atoms with E-state index in [1.807, 2.05) is 0 Å². The maximum absolute atomic E-state index is 13.2. The van der Waals surface area contributed by atoms with Crippen LogP contribution in [-0.2, 0) is 13.7 Å². The van der Waals surface area contributed by atoms with Gasteiger partial charge in [-0.15, -0.1) is 0 Å². The Hall–Kier alpha value is -1.91. The maximum Gasteiger partial charge on any atom is 0.132 e. The normalized spacial score (nSPS) is 10.6. The van der Waals surface area contributed by atoms with Crippen molar-refractivity contribution in [1.82, 2.24) is 9.78 Å². The second kappa shape index (κ2) is 4.53. The molecule has 0 bridgehead atoms. The van der Waals surface area contributed by atoms with Crippen LogP contribution in [0.25, 0.3) is 0 Å². The highest BCUT2D eigenvalue weighted by Gasteiger charge is 2.07. The van der Waals surface area contributed by atoms with Gasteiger partial charge in [-0.1, -0.05) is 0 Å². The van der Waals surface area contributed by atoms with Crippen LogP contribution >= 0.6 is 0 Å². The molecule has 0 aliphatic heterocycles. The lowest BCUT2D eigenvalue weighted by Crippen LogP contribution is -1.97. The summed E-state index contributed by atoms with van der Waals surface area (Å²) < 4.78 is 33.4. The molecule has 0 saturated carbocycles. The van der Waals surface area contributed by atoms with Crippen LogP contribution in [0.15, 0.2) is 24.5 Å². The van der Waals surface area contributed by atoms with Crippen molar-refractivity contribution in [3.63, 3.8) is 0 Å². The number of aryl methyl sites for hydroxylation is 1. The van der Waals surface area contributed by atoms with Gasteiger partial charge < -0.3 is 4.74 Å². The topological polar surface area (TPSA) is 27.1 Å². The maximum atomic E-state index is 13.2. The average Bonchev–Trinajstić information content (AvgIpc) is 2.69. The Balaban J connectivity index is 2.09. The fraction of sp³-hybridized carbons (Fsp3) is 0.250. The zero-order chi connectivity index (χ0) is 12.4. The monoisotopic (exact) mass is 238 g/mol. The number of halogens is 2. The number of nitrogens with zero attached hydrogens (tertiary/aromatic N) is 2. The lowest BCUT2D eigenvalue weighted by molar-refractivity contribution is 0.302. The van der Waals surface area contributed by atoms with E-state index in [0.29, 0.717) is 0 Å². The summed E-state index contributed by atoms with van der Waals surface area (Å²) in [6.07, 6.45) is 3.42. The lowest BCUT2D eigenvalue weighted by atomic mass is 10.2. The summed E-state index contributed by atoms with van der Waals surface area (Å²) in [6.45, 7) is 1.62. The molecule has 0 aliphatic carbocycles. The summed E-state index contributed by atoms with van der Waals surface area (Å²) >= 11 is 0. The van der Waals surface area contributed by atoms with E-state index in [0.717, 1.165) is 5.56 Å². The van der Waals surface area contributed by atoms with E-state index in [9.17, 15) is 8.78 Å². The zero-order valence-corrected chi connectivity index (χ0v) is 9.58. The van der Waals surface area contributed by atoms with Gasteiger partial charge in [-0.2, -0.15) is 5.10 Å². The predicted molar refractivity (Wildman–Crippen MR) is 58.6 cm³/mol. The Bertz CT molecular complexity index is 514. The SMILES string of the molecule is Cc1c(F)cc(OCc2cnn(C)c2)cc1F. The summed E-state index contributed by atoms with van der Waals surface area (Å²) in [7, 11) is 1.79. The third kappa shape index (κ3) is 2.61. The summed E-state index contributed by atoms with van der Waals surface area (Å²) in [4.78, 5) is 0. The van der Waals surface area contributed by atoms with E-state index in [4.69, 9.17) is 4.74 Å². The average molecular weight is 238 g/mol. The van der Waals surface area contributed by atoms with E-state index in [2.05, 4.69) is 5.10 Å². The van der Waals surface area contributed by atoms with E-state index < -0.39 is 11.6 Å². The number of benzene rings is 1. The third-order valence-electron chi connectivity index (χ3n) is 2.42. The molecule has 0 spiro atoms. The van der Waals surface area contributed by atoms with Crippen LogP contribution < -0.4 is 4.74 Å². The number of hydrogen-bond acceptors (Lipinski definition) is 2. The van der Waals surface area contributed by atoms with E-state index in [1.165, 1.54) is 19.1 Å². The molecule has 2 aromatic rings. The Morgan fingerprint density at radius 3 is 2.47 bits per heavy atom.